The summed E-state index contributed by atoms with van der Waals surface area (Å²) < 4.78 is 0. The molecule has 0 aliphatic heterocycles. The van der Waals surface area contributed by atoms with Crippen LogP contribution in [0.15, 0.2) is 72.8 Å². The van der Waals surface area contributed by atoms with Gasteiger partial charge < -0.3 is 10.1 Å². The number of fused-ring (bicyclic) bond motifs is 1. The number of aromatic carboxylic acids is 1. The Morgan fingerprint density at radius 2 is 1.46 bits per heavy atom. The van der Waals surface area contributed by atoms with Crippen LogP contribution in [0.4, 0.5) is 0 Å². The van der Waals surface area contributed by atoms with Crippen LogP contribution in [0, 0.1) is 0 Å². The van der Waals surface area contributed by atoms with Gasteiger partial charge in [0.1, 0.15) is 11.3 Å². The van der Waals surface area contributed by atoms with Crippen LogP contribution in [0.1, 0.15) is 10.4 Å². The Morgan fingerprint density at radius 3 is 2.17 bits per heavy atom. The summed E-state index contributed by atoms with van der Waals surface area (Å²) in [6, 6.07) is 23.3. The lowest BCUT2D eigenvalue weighted by atomic mass is 10.0. The first-order valence-electron chi connectivity index (χ1n) is 7.60. The Balaban J connectivity index is 1.75. The van der Waals surface area contributed by atoms with Gasteiger partial charge >= 0.3 is 5.97 Å². The summed E-state index contributed by atoms with van der Waals surface area (Å²) in [5.41, 5.74) is 4.60. The highest BCUT2D eigenvalue weighted by Gasteiger charge is 2.13. The number of hydrogen-bond acceptors (Lipinski definition) is 2. The lowest BCUT2D eigenvalue weighted by molar-refractivity contribution is 0.0699. The number of benzene rings is 3. The third-order valence-electron chi connectivity index (χ3n) is 4.01. The van der Waals surface area contributed by atoms with Crippen LogP contribution in [0.2, 0.25) is 0 Å². The second-order valence-electron chi connectivity index (χ2n) is 5.54. The average Bonchev–Trinajstić information content (AvgIpc) is 3.06. The van der Waals surface area contributed by atoms with Crippen molar-refractivity contribution in [3.05, 3.63) is 78.4 Å². The topological polar surface area (TPSA) is 66.0 Å². The summed E-state index contributed by atoms with van der Waals surface area (Å²) in [6.07, 6.45) is 0. The molecule has 3 aromatic carbocycles. The number of rotatable bonds is 3. The van der Waals surface area contributed by atoms with E-state index in [1.807, 2.05) is 48.5 Å². The molecule has 0 radical (unpaired) electrons. The number of carboxylic acid groups (broad SMARTS) is 1. The van der Waals surface area contributed by atoms with Crippen molar-refractivity contribution in [1.29, 1.82) is 0 Å². The molecule has 0 fully saturated rings. The number of para-hydroxylation sites is 1. The first-order chi connectivity index (χ1) is 11.7. The molecular weight excluding hydrogens is 300 g/mol. The van der Waals surface area contributed by atoms with E-state index in [1.165, 1.54) is 0 Å². The molecule has 1 aromatic heterocycles. The molecule has 4 aromatic rings. The second kappa shape index (κ2) is 5.66. The molecule has 0 saturated heterocycles. The Labute approximate surface area is 138 Å². The number of nitrogens with zero attached hydrogens (tertiary/aromatic N) is 1. The van der Waals surface area contributed by atoms with Crippen molar-refractivity contribution >= 4 is 17.0 Å². The van der Waals surface area contributed by atoms with E-state index in [0.29, 0.717) is 11.3 Å². The van der Waals surface area contributed by atoms with Gasteiger partial charge in [-0.1, -0.05) is 60.7 Å². The van der Waals surface area contributed by atoms with Gasteiger partial charge in [0, 0.05) is 5.56 Å². The van der Waals surface area contributed by atoms with E-state index in [4.69, 9.17) is 0 Å². The summed E-state index contributed by atoms with van der Waals surface area (Å²) >= 11 is 0. The van der Waals surface area contributed by atoms with Gasteiger partial charge in [-0.15, -0.1) is 0 Å². The van der Waals surface area contributed by atoms with E-state index in [-0.39, 0.29) is 5.56 Å². The average molecular weight is 314 g/mol. The maximum atomic E-state index is 11.3. The zero-order valence-electron chi connectivity index (χ0n) is 12.7. The van der Waals surface area contributed by atoms with E-state index >= 15 is 0 Å². The zero-order chi connectivity index (χ0) is 16.5. The van der Waals surface area contributed by atoms with E-state index in [1.54, 1.807) is 12.1 Å². The molecule has 4 heteroatoms. The number of nitrogens with one attached hydrogen (secondary N) is 1. The predicted octanol–water partition coefficient (Wildman–Crippen LogP) is 4.60. The van der Waals surface area contributed by atoms with E-state index in [9.17, 15) is 9.90 Å². The number of carboxylic acids is 1. The van der Waals surface area contributed by atoms with Gasteiger partial charge in [0.2, 0.25) is 0 Å². The number of hydrogen-bond donors (Lipinski definition) is 2. The summed E-state index contributed by atoms with van der Waals surface area (Å²) in [5.74, 6) is -0.309. The fraction of sp³-hybridized carbons (Fsp3) is 0. The molecule has 4 nitrogen and oxygen atoms in total. The van der Waals surface area contributed by atoms with E-state index in [0.717, 1.165) is 22.2 Å². The maximum absolute atomic E-state index is 11.3. The Morgan fingerprint density at radius 1 is 0.792 bits per heavy atom. The summed E-state index contributed by atoms with van der Waals surface area (Å²) in [5, 5.41) is 9.27. The van der Waals surface area contributed by atoms with Gasteiger partial charge in [-0.05, 0) is 23.3 Å². The van der Waals surface area contributed by atoms with Crippen molar-refractivity contribution in [2.24, 2.45) is 0 Å². The van der Waals surface area contributed by atoms with Gasteiger partial charge in [0.15, 0.2) is 0 Å². The fourth-order valence-corrected chi connectivity index (χ4v) is 2.79. The lowest BCUT2D eigenvalue weighted by Gasteiger charge is -2.02. The fourth-order valence-electron chi connectivity index (χ4n) is 2.79. The number of H-pyrrole nitrogens is 1. The van der Waals surface area contributed by atoms with Crippen LogP contribution in [-0.4, -0.2) is 21.0 Å². The molecule has 0 saturated carbocycles. The first-order valence-corrected chi connectivity index (χ1v) is 7.60. The van der Waals surface area contributed by atoms with Crippen LogP contribution in [0.3, 0.4) is 0 Å². The molecule has 0 unspecified atom stereocenters. The van der Waals surface area contributed by atoms with E-state index < -0.39 is 5.97 Å². The number of carbonyl (C=O) groups is 1. The van der Waals surface area contributed by atoms with Crippen LogP contribution in [-0.2, 0) is 0 Å². The van der Waals surface area contributed by atoms with Gasteiger partial charge in [-0.2, -0.15) is 0 Å². The smallest absolute Gasteiger partial charge is 0.337 e. The number of aromatic amines is 1. The second-order valence-corrected chi connectivity index (χ2v) is 5.54. The minimum atomic E-state index is -0.974. The Kier molecular flexibility index (Phi) is 3.35. The monoisotopic (exact) mass is 314 g/mol. The quantitative estimate of drug-likeness (QED) is 0.581. The van der Waals surface area contributed by atoms with Gasteiger partial charge in [0.05, 0.1) is 11.1 Å². The largest absolute Gasteiger partial charge is 0.478 e. The lowest BCUT2D eigenvalue weighted by Crippen LogP contribution is -1.96. The van der Waals surface area contributed by atoms with Crippen LogP contribution in [0.25, 0.3) is 33.5 Å². The molecule has 0 spiro atoms. The molecule has 0 aliphatic rings. The predicted molar refractivity (Wildman–Crippen MR) is 93.9 cm³/mol. The van der Waals surface area contributed by atoms with Crippen molar-refractivity contribution < 1.29 is 9.90 Å². The molecule has 1 heterocycles. The maximum Gasteiger partial charge on any atom is 0.337 e. The summed E-state index contributed by atoms with van der Waals surface area (Å²) in [4.78, 5) is 19.0. The standard InChI is InChI=1S/C20H14N2O2/c23-20(24)16-7-4-8-17-18(16)22-19(21-17)15-11-9-14(10-12-15)13-5-2-1-3-6-13/h1-12H,(H,21,22)(H,23,24). The van der Waals surface area contributed by atoms with Crippen LogP contribution < -0.4 is 0 Å². The minimum absolute atomic E-state index is 0.205. The molecule has 116 valence electrons. The molecule has 4 rings (SSSR count). The van der Waals surface area contributed by atoms with E-state index in [2.05, 4.69) is 22.1 Å². The number of imidazole rings is 1. The highest BCUT2D eigenvalue weighted by Crippen LogP contribution is 2.26. The minimum Gasteiger partial charge on any atom is -0.478 e. The van der Waals surface area contributed by atoms with Crippen molar-refractivity contribution in [2.75, 3.05) is 0 Å². The summed E-state index contributed by atoms with van der Waals surface area (Å²) in [6.45, 7) is 0. The number of aromatic nitrogens is 2. The third-order valence-corrected chi connectivity index (χ3v) is 4.01. The van der Waals surface area contributed by atoms with Crippen LogP contribution in [0.5, 0.6) is 0 Å². The normalized spacial score (nSPS) is 10.8. The van der Waals surface area contributed by atoms with Crippen LogP contribution >= 0.6 is 0 Å². The molecule has 0 bridgehead atoms. The molecule has 0 aliphatic carbocycles. The molecule has 24 heavy (non-hydrogen) atoms. The van der Waals surface area contributed by atoms with Crippen molar-refractivity contribution in [3.8, 4) is 22.5 Å². The Bertz CT molecular complexity index is 1020. The first kappa shape index (κ1) is 14.2. The molecular formula is C20H14N2O2. The van der Waals surface area contributed by atoms with Gasteiger partial charge in [-0.25, -0.2) is 9.78 Å². The molecule has 2 N–H and O–H groups in total. The Hall–Kier alpha value is -3.40. The molecule has 0 atom stereocenters. The highest BCUT2D eigenvalue weighted by atomic mass is 16.4. The van der Waals surface area contributed by atoms with Crippen molar-refractivity contribution in [3.63, 3.8) is 0 Å². The van der Waals surface area contributed by atoms with Gasteiger partial charge in [0.25, 0.3) is 0 Å². The third kappa shape index (κ3) is 2.44. The van der Waals surface area contributed by atoms with Crippen molar-refractivity contribution in [2.45, 2.75) is 0 Å². The zero-order valence-corrected chi connectivity index (χ0v) is 12.7. The highest BCUT2D eigenvalue weighted by molar-refractivity contribution is 6.01. The molecule has 0 amide bonds. The van der Waals surface area contributed by atoms with Crippen molar-refractivity contribution in [1.82, 2.24) is 9.97 Å². The van der Waals surface area contributed by atoms with Gasteiger partial charge in [-0.3, -0.25) is 0 Å². The summed E-state index contributed by atoms with van der Waals surface area (Å²) in [7, 11) is 0. The SMILES string of the molecule is O=C(O)c1cccc2[nH]c(-c3ccc(-c4ccccc4)cc3)nc12.